The van der Waals surface area contributed by atoms with E-state index in [2.05, 4.69) is 22.2 Å². The number of carbonyl (C=O) groups excluding carboxylic acids is 1. The Labute approximate surface area is 227 Å². The molecule has 1 saturated carbocycles. The smallest absolute Gasteiger partial charge is 0.271 e. The molecule has 2 aliphatic heterocycles. The van der Waals surface area contributed by atoms with Crippen molar-refractivity contribution in [1.29, 1.82) is 0 Å². The van der Waals surface area contributed by atoms with Crippen molar-refractivity contribution >= 4 is 23.2 Å². The van der Waals surface area contributed by atoms with Gasteiger partial charge in [0.1, 0.15) is 18.2 Å². The van der Waals surface area contributed by atoms with Crippen LogP contribution in [-0.2, 0) is 22.7 Å². The molecular formula is C30H31ClFN3O3. The Balaban J connectivity index is 0.000000156. The lowest BCUT2D eigenvalue weighted by molar-refractivity contribution is -0.112. The topological polar surface area (TPSA) is 77.2 Å². The largest absolute Gasteiger partial charge is 0.489 e. The summed E-state index contributed by atoms with van der Waals surface area (Å²) in [4.78, 5) is 18.8. The number of nitrogens with two attached hydrogens (primary N) is 1. The Kier molecular flexibility index (Phi) is 8.25. The molecule has 1 aliphatic carbocycles. The highest BCUT2D eigenvalue weighted by Gasteiger charge is 2.24. The van der Waals surface area contributed by atoms with E-state index in [-0.39, 0.29) is 18.1 Å². The molecule has 38 heavy (non-hydrogen) atoms. The Hall–Kier alpha value is -3.42. The number of benzene rings is 3. The molecule has 3 aromatic carbocycles. The zero-order valence-corrected chi connectivity index (χ0v) is 21.9. The van der Waals surface area contributed by atoms with Gasteiger partial charge in [-0.25, -0.2) is 4.39 Å². The third kappa shape index (κ3) is 6.71. The van der Waals surface area contributed by atoms with Crippen LogP contribution in [0.1, 0.15) is 42.4 Å². The Morgan fingerprint density at radius 1 is 1.08 bits per heavy atom. The minimum absolute atomic E-state index is 0.122. The molecule has 6 nitrogen and oxygen atoms in total. The first kappa shape index (κ1) is 26.2. The number of hydrogen-bond donors (Lipinski definition) is 1. The van der Waals surface area contributed by atoms with E-state index in [0.717, 1.165) is 33.9 Å². The molecule has 0 spiro atoms. The fourth-order valence-corrected chi connectivity index (χ4v) is 4.68. The first-order valence-corrected chi connectivity index (χ1v) is 13.4. The molecule has 0 radical (unpaired) electrons. The number of primary amides is 1. The van der Waals surface area contributed by atoms with Gasteiger partial charge < -0.3 is 20.2 Å². The summed E-state index contributed by atoms with van der Waals surface area (Å²) in [6.45, 7) is 4.07. The van der Waals surface area contributed by atoms with Gasteiger partial charge in [0, 0.05) is 11.1 Å². The Bertz CT molecular complexity index is 1320. The van der Waals surface area contributed by atoms with E-state index in [9.17, 15) is 9.18 Å². The highest BCUT2D eigenvalue weighted by molar-refractivity contribution is 6.45. The third-order valence-electron chi connectivity index (χ3n) is 6.85. The van der Waals surface area contributed by atoms with Gasteiger partial charge in [0.25, 0.3) is 5.91 Å². The molecule has 0 atom stereocenters. The number of nitrogens with zero attached hydrogens (tertiary/aromatic N) is 2. The Morgan fingerprint density at radius 2 is 1.84 bits per heavy atom. The quantitative estimate of drug-likeness (QED) is 0.399. The van der Waals surface area contributed by atoms with Crippen molar-refractivity contribution in [2.45, 2.75) is 44.8 Å². The standard InChI is InChI=1S/C15H20ClNO.C15H11FN2O2/c16-14-11-12(3-1-8-17-9-2-10-17)4-7-15(14)18-13-5-6-13;16-12-4-1-9(2-5-12)10-3-6-13-11(7-10)8-20-18-14(13)15(17)19/h4,7,11,13H,1-3,5-6,8-10H2;1-7H,8H2,(H2,17,19). The maximum Gasteiger partial charge on any atom is 0.271 e. The molecule has 198 valence electrons. The number of fused-ring (bicyclic) bond motifs is 1. The lowest BCUT2D eigenvalue weighted by Gasteiger charge is -2.30. The van der Waals surface area contributed by atoms with E-state index in [1.807, 2.05) is 18.2 Å². The van der Waals surface area contributed by atoms with Crippen LogP contribution in [0, 0.1) is 5.82 Å². The molecule has 0 bridgehead atoms. The van der Waals surface area contributed by atoms with Crippen LogP contribution in [0.2, 0.25) is 5.02 Å². The van der Waals surface area contributed by atoms with Crippen LogP contribution in [0.25, 0.3) is 11.1 Å². The first-order chi connectivity index (χ1) is 18.5. The van der Waals surface area contributed by atoms with Crippen LogP contribution in [-0.4, -0.2) is 42.3 Å². The molecule has 0 unspecified atom stereocenters. The van der Waals surface area contributed by atoms with Crippen LogP contribution >= 0.6 is 11.6 Å². The van der Waals surface area contributed by atoms with Gasteiger partial charge in [-0.1, -0.05) is 47.1 Å². The second kappa shape index (κ2) is 12.0. The van der Waals surface area contributed by atoms with Gasteiger partial charge in [0.05, 0.1) is 11.1 Å². The van der Waals surface area contributed by atoms with Crippen LogP contribution < -0.4 is 10.5 Å². The number of carbonyl (C=O) groups is 1. The minimum atomic E-state index is -0.625. The first-order valence-electron chi connectivity index (χ1n) is 13.0. The molecule has 2 N–H and O–H groups in total. The highest BCUT2D eigenvalue weighted by Crippen LogP contribution is 2.32. The summed E-state index contributed by atoms with van der Waals surface area (Å²) >= 11 is 6.25. The van der Waals surface area contributed by atoms with Crippen LogP contribution in [0.15, 0.2) is 65.8 Å². The summed E-state index contributed by atoms with van der Waals surface area (Å²) < 4.78 is 18.7. The van der Waals surface area contributed by atoms with Gasteiger partial charge in [0.15, 0.2) is 5.71 Å². The van der Waals surface area contributed by atoms with Crippen LogP contribution in [0.3, 0.4) is 0 Å². The lowest BCUT2D eigenvalue weighted by Crippen LogP contribution is -2.37. The highest BCUT2D eigenvalue weighted by atomic mass is 35.5. The van der Waals surface area contributed by atoms with Crippen molar-refractivity contribution < 1.29 is 18.8 Å². The normalized spacial score (nSPS) is 16.2. The molecule has 6 rings (SSSR count). The van der Waals surface area contributed by atoms with E-state index < -0.39 is 5.91 Å². The number of aryl methyl sites for hydroxylation is 1. The average molecular weight is 536 g/mol. The monoisotopic (exact) mass is 535 g/mol. The van der Waals surface area contributed by atoms with Gasteiger partial charge in [-0.05, 0) is 98.8 Å². The predicted octanol–water partition coefficient (Wildman–Crippen LogP) is 5.73. The van der Waals surface area contributed by atoms with Gasteiger partial charge in [-0.3, -0.25) is 4.79 Å². The molecule has 3 aromatic rings. The number of rotatable bonds is 8. The zero-order valence-electron chi connectivity index (χ0n) is 21.2. The molecule has 2 fully saturated rings. The number of amides is 1. The van der Waals surface area contributed by atoms with E-state index in [1.54, 1.807) is 18.2 Å². The predicted molar refractivity (Wildman–Crippen MR) is 147 cm³/mol. The SMILES string of the molecule is Clc1cc(CCCN2CCC2)ccc1OC1CC1.NC(=O)C1=NOCc2cc(-c3ccc(F)cc3)ccc21. The maximum atomic E-state index is 12.9. The van der Waals surface area contributed by atoms with Crippen LogP contribution in [0.5, 0.6) is 5.75 Å². The van der Waals surface area contributed by atoms with E-state index in [0.29, 0.717) is 11.7 Å². The summed E-state index contributed by atoms with van der Waals surface area (Å²) in [5, 5.41) is 4.44. The molecule has 0 aromatic heterocycles. The summed E-state index contributed by atoms with van der Waals surface area (Å²) in [5.74, 6) is -0.0515. The zero-order chi connectivity index (χ0) is 26.5. The van der Waals surface area contributed by atoms with E-state index in [4.69, 9.17) is 26.9 Å². The second-order valence-electron chi connectivity index (χ2n) is 9.84. The maximum absolute atomic E-state index is 12.9. The van der Waals surface area contributed by atoms with Gasteiger partial charge in [-0.15, -0.1) is 0 Å². The summed E-state index contributed by atoms with van der Waals surface area (Å²) in [6, 6.07) is 18.0. The number of ether oxygens (including phenoxy) is 1. The number of oxime groups is 1. The number of hydrogen-bond acceptors (Lipinski definition) is 5. The summed E-state index contributed by atoms with van der Waals surface area (Å²) in [6.07, 6.45) is 6.47. The number of halogens is 2. The van der Waals surface area contributed by atoms with Crippen molar-refractivity contribution in [2.24, 2.45) is 10.9 Å². The van der Waals surface area contributed by atoms with Crippen molar-refractivity contribution in [2.75, 3.05) is 19.6 Å². The molecule has 1 amide bonds. The molecular weight excluding hydrogens is 505 g/mol. The number of likely N-dealkylation sites (tertiary alicyclic amines) is 1. The molecule has 8 heteroatoms. The Morgan fingerprint density at radius 3 is 2.50 bits per heavy atom. The van der Waals surface area contributed by atoms with Crippen molar-refractivity contribution in [1.82, 2.24) is 4.90 Å². The fourth-order valence-electron chi connectivity index (χ4n) is 4.43. The minimum Gasteiger partial charge on any atom is -0.489 e. The molecule has 3 aliphatic rings. The van der Waals surface area contributed by atoms with E-state index in [1.165, 1.54) is 63.0 Å². The molecule has 1 saturated heterocycles. The van der Waals surface area contributed by atoms with Crippen molar-refractivity contribution in [3.8, 4) is 16.9 Å². The third-order valence-corrected chi connectivity index (χ3v) is 7.15. The molecule has 2 heterocycles. The van der Waals surface area contributed by atoms with Crippen molar-refractivity contribution in [3.05, 3.63) is 88.2 Å². The van der Waals surface area contributed by atoms with E-state index >= 15 is 0 Å². The summed E-state index contributed by atoms with van der Waals surface area (Å²) in [5.41, 5.74) is 10.0. The van der Waals surface area contributed by atoms with Gasteiger partial charge >= 0.3 is 0 Å². The second-order valence-corrected chi connectivity index (χ2v) is 10.2. The summed E-state index contributed by atoms with van der Waals surface area (Å²) in [7, 11) is 0. The fraction of sp³-hybridized carbons (Fsp3) is 0.333. The van der Waals surface area contributed by atoms with Gasteiger partial charge in [0.2, 0.25) is 0 Å². The van der Waals surface area contributed by atoms with Crippen molar-refractivity contribution in [3.63, 3.8) is 0 Å². The lowest BCUT2D eigenvalue weighted by atomic mass is 9.96. The average Bonchev–Trinajstić information content (AvgIpc) is 3.71. The van der Waals surface area contributed by atoms with Crippen LogP contribution in [0.4, 0.5) is 4.39 Å². The van der Waals surface area contributed by atoms with Gasteiger partial charge in [-0.2, -0.15) is 0 Å².